The zero-order chi connectivity index (χ0) is 10.5. The lowest BCUT2D eigenvalue weighted by Crippen LogP contribution is -2.42. The fourth-order valence-electron chi connectivity index (χ4n) is 1.95. The Hall–Kier alpha value is -0.900. The Morgan fingerprint density at radius 3 is 2.67 bits per heavy atom. The molecule has 0 saturated carbocycles. The lowest BCUT2D eigenvalue weighted by atomic mass is 10.1. The van der Waals surface area contributed by atoms with Crippen molar-refractivity contribution in [2.45, 2.75) is 13.2 Å². The molecule has 3 heteroatoms. The maximum Gasteiger partial charge on any atom is 0.0681 e. The van der Waals surface area contributed by atoms with Crippen LogP contribution in [0.3, 0.4) is 0 Å². The zero-order valence-corrected chi connectivity index (χ0v) is 8.95. The maximum atomic E-state index is 9.04. The standard InChI is InChI=1S/C12H18N2O/c15-10-12-3-1-2-11(8-12)9-14-6-4-13-5-7-14/h1-3,8,13,15H,4-7,9-10H2. The van der Waals surface area contributed by atoms with Gasteiger partial charge in [0.1, 0.15) is 0 Å². The Balaban J connectivity index is 1.96. The number of hydrogen-bond donors (Lipinski definition) is 2. The van der Waals surface area contributed by atoms with E-state index in [2.05, 4.69) is 22.3 Å². The van der Waals surface area contributed by atoms with Crippen LogP contribution < -0.4 is 5.32 Å². The summed E-state index contributed by atoms with van der Waals surface area (Å²) in [5, 5.41) is 12.4. The summed E-state index contributed by atoms with van der Waals surface area (Å²) in [5.41, 5.74) is 2.30. The van der Waals surface area contributed by atoms with Gasteiger partial charge in [-0.1, -0.05) is 24.3 Å². The summed E-state index contributed by atoms with van der Waals surface area (Å²) < 4.78 is 0. The van der Waals surface area contributed by atoms with Crippen LogP contribution in [0.5, 0.6) is 0 Å². The number of aliphatic hydroxyl groups is 1. The molecule has 3 nitrogen and oxygen atoms in total. The Kier molecular flexibility index (Phi) is 3.72. The van der Waals surface area contributed by atoms with E-state index in [0.29, 0.717) is 0 Å². The fourth-order valence-corrected chi connectivity index (χ4v) is 1.95. The van der Waals surface area contributed by atoms with E-state index >= 15 is 0 Å². The number of aliphatic hydroxyl groups excluding tert-OH is 1. The van der Waals surface area contributed by atoms with Crippen molar-refractivity contribution in [2.75, 3.05) is 26.2 Å². The Morgan fingerprint density at radius 1 is 1.20 bits per heavy atom. The molecule has 0 spiro atoms. The second-order valence-corrected chi connectivity index (χ2v) is 4.00. The van der Waals surface area contributed by atoms with Crippen molar-refractivity contribution >= 4 is 0 Å². The molecule has 0 bridgehead atoms. The van der Waals surface area contributed by atoms with Crippen LogP contribution in [0, 0.1) is 0 Å². The van der Waals surface area contributed by atoms with Crippen LogP contribution in [-0.2, 0) is 13.2 Å². The number of nitrogens with zero attached hydrogens (tertiary/aromatic N) is 1. The largest absolute Gasteiger partial charge is 0.392 e. The number of piperazine rings is 1. The molecule has 2 N–H and O–H groups in total. The molecule has 1 saturated heterocycles. The van der Waals surface area contributed by atoms with Crippen LogP contribution in [0.4, 0.5) is 0 Å². The van der Waals surface area contributed by atoms with E-state index in [0.717, 1.165) is 38.3 Å². The van der Waals surface area contributed by atoms with E-state index in [9.17, 15) is 0 Å². The minimum Gasteiger partial charge on any atom is -0.392 e. The Morgan fingerprint density at radius 2 is 1.93 bits per heavy atom. The Labute approximate surface area is 90.7 Å². The second kappa shape index (κ2) is 5.26. The van der Waals surface area contributed by atoms with Crippen LogP contribution in [0.2, 0.25) is 0 Å². The van der Waals surface area contributed by atoms with E-state index in [-0.39, 0.29) is 6.61 Å². The normalized spacial score (nSPS) is 17.9. The van der Waals surface area contributed by atoms with E-state index in [1.54, 1.807) is 0 Å². The summed E-state index contributed by atoms with van der Waals surface area (Å²) >= 11 is 0. The summed E-state index contributed by atoms with van der Waals surface area (Å²) in [7, 11) is 0. The first-order valence-corrected chi connectivity index (χ1v) is 5.50. The summed E-state index contributed by atoms with van der Waals surface area (Å²) in [6.45, 7) is 5.52. The monoisotopic (exact) mass is 206 g/mol. The topological polar surface area (TPSA) is 35.5 Å². The third kappa shape index (κ3) is 3.02. The van der Waals surface area contributed by atoms with E-state index < -0.39 is 0 Å². The van der Waals surface area contributed by atoms with E-state index in [1.165, 1.54) is 5.56 Å². The summed E-state index contributed by atoms with van der Waals surface area (Å²) in [6, 6.07) is 8.19. The summed E-state index contributed by atoms with van der Waals surface area (Å²) in [6.07, 6.45) is 0. The van der Waals surface area contributed by atoms with E-state index in [4.69, 9.17) is 5.11 Å². The average Bonchev–Trinajstić information content (AvgIpc) is 2.31. The number of benzene rings is 1. The molecule has 1 aliphatic rings. The second-order valence-electron chi connectivity index (χ2n) is 4.00. The molecule has 0 amide bonds. The van der Waals surface area contributed by atoms with Gasteiger partial charge in [-0.15, -0.1) is 0 Å². The van der Waals surface area contributed by atoms with Crippen LogP contribution in [0.25, 0.3) is 0 Å². The average molecular weight is 206 g/mol. The minimum atomic E-state index is 0.134. The number of nitrogens with one attached hydrogen (secondary N) is 1. The van der Waals surface area contributed by atoms with Gasteiger partial charge in [-0.25, -0.2) is 0 Å². The molecule has 1 aromatic rings. The SMILES string of the molecule is OCc1cccc(CN2CCNCC2)c1. The first-order valence-electron chi connectivity index (χ1n) is 5.50. The van der Waals surface area contributed by atoms with Gasteiger partial charge in [0, 0.05) is 32.7 Å². The molecule has 1 aromatic carbocycles. The number of hydrogen-bond acceptors (Lipinski definition) is 3. The zero-order valence-electron chi connectivity index (χ0n) is 8.95. The highest BCUT2D eigenvalue weighted by Crippen LogP contribution is 2.08. The van der Waals surface area contributed by atoms with Gasteiger partial charge in [0.15, 0.2) is 0 Å². The third-order valence-corrected chi connectivity index (χ3v) is 2.79. The van der Waals surface area contributed by atoms with Crippen LogP contribution in [0.15, 0.2) is 24.3 Å². The molecule has 0 atom stereocenters. The fraction of sp³-hybridized carbons (Fsp3) is 0.500. The molecule has 1 aliphatic heterocycles. The summed E-state index contributed by atoms with van der Waals surface area (Å²) in [5.74, 6) is 0. The van der Waals surface area contributed by atoms with Gasteiger partial charge in [-0.3, -0.25) is 4.90 Å². The van der Waals surface area contributed by atoms with Gasteiger partial charge in [0.05, 0.1) is 6.61 Å². The Bertz CT molecular complexity index is 308. The van der Waals surface area contributed by atoms with Gasteiger partial charge in [-0.05, 0) is 11.1 Å². The van der Waals surface area contributed by atoms with Gasteiger partial charge < -0.3 is 10.4 Å². The van der Waals surface area contributed by atoms with E-state index in [1.807, 2.05) is 12.1 Å². The van der Waals surface area contributed by atoms with Crippen molar-refractivity contribution in [1.29, 1.82) is 0 Å². The molecule has 0 radical (unpaired) electrons. The van der Waals surface area contributed by atoms with Crippen molar-refractivity contribution < 1.29 is 5.11 Å². The molecular formula is C12H18N2O. The highest BCUT2D eigenvalue weighted by molar-refractivity contribution is 5.22. The predicted octanol–water partition coefficient (Wildman–Crippen LogP) is 0.584. The first-order chi connectivity index (χ1) is 7.38. The summed E-state index contributed by atoms with van der Waals surface area (Å²) in [4.78, 5) is 2.44. The van der Waals surface area contributed by atoms with Gasteiger partial charge in [-0.2, -0.15) is 0 Å². The molecule has 0 unspecified atom stereocenters. The molecule has 0 aliphatic carbocycles. The van der Waals surface area contributed by atoms with Crippen molar-refractivity contribution in [1.82, 2.24) is 10.2 Å². The quantitative estimate of drug-likeness (QED) is 0.759. The molecule has 2 rings (SSSR count). The van der Waals surface area contributed by atoms with Crippen molar-refractivity contribution in [2.24, 2.45) is 0 Å². The lowest BCUT2D eigenvalue weighted by molar-refractivity contribution is 0.233. The number of rotatable bonds is 3. The van der Waals surface area contributed by atoms with Gasteiger partial charge in [0.2, 0.25) is 0 Å². The predicted molar refractivity (Wildman–Crippen MR) is 60.5 cm³/mol. The van der Waals surface area contributed by atoms with Gasteiger partial charge >= 0.3 is 0 Å². The van der Waals surface area contributed by atoms with Gasteiger partial charge in [0.25, 0.3) is 0 Å². The van der Waals surface area contributed by atoms with Crippen molar-refractivity contribution in [3.8, 4) is 0 Å². The lowest BCUT2D eigenvalue weighted by Gasteiger charge is -2.27. The molecule has 1 fully saturated rings. The van der Waals surface area contributed by atoms with Crippen LogP contribution in [0.1, 0.15) is 11.1 Å². The minimum absolute atomic E-state index is 0.134. The molecule has 15 heavy (non-hydrogen) atoms. The van der Waals surface area contributed by atoms with Crippen LogP contribution in [-0.4, -0.2) is 36.2 Å². The molecule has 0 aromatic heterocycles. The smallest absolute Gasteiger partial charge is 0.0681 e. The van der Waals surface area contributed by atoms with Crippen molar-refractivity contribution in [3.05, 3.63) is 35.4 Å². The maximum absolute atomic E-state index is 9.04. The molecule has 1 heterocycles. The molecular weight excluding hydrogens is 188 g/mol. The highest BCUT2D eigenvalue weighted by atomic mass is 16.3. The highest BCUT2D eigenvalue weighted by Gasteiger charge is 2.09. The van der Waals surface area contributed by atoms with Crippen molar-refractivity contribution in [3.63, 3.8) is 0 Å². The molecule has 82 valence electrons. The van der Waals surface area contributed by atoms with Crippen LogP contribution >= 0.6 is 0 Å². The first kappa shape index (κ1) is 10.6. The third-order valence-electron chi connectivity index (χ3n) is 2.79.